The fourth-order valence-electron chi connectivity index (χ4n) is 1.28. The van der Waals surface area contributed by atoms with E-state index in [4.69, 9.17) is 16.3 Å². The zero-order chi connectivity index (χ0) is 12.0. The van der Waals surface area contributed by atoms with Gasteiger partial charge in [-0.05, 0) is 42.5 Å². The Kier molecular flexibility index (Phi) is 5.63. The predicted octanol–water partition coefficient (Wildman–Crippen LogP) is 4.87. The lowest BCUT2D eigenvalue weighted by atomic mass is 9.87. The van der Waals surface area contributed by atoms with E-state index in [0.29, 0.717) is 5.88 Å². The molecule has 0 bridgehead atoms. The van der Waals surface area contributed by atoms with Gasteiger partial charge in [0.05, 0.1) is 6.61 Å². The molecule has 0 aromatic heterocycles. The van der Waals surface area contributed by atoms with Crippen LogP contribution in [0.15, 0.2) is 28.7 Å². The van der Waals surface area contributed by atoms with E-state index in [1.165, 1.54) is 0 Å². The summed E-state index contributed by atoms with van der Waals surface area (Å²) in [6.45, 7) is 5.09. The molecule has 1 atom stereocenters. The summed E-state index contributed by atoms with van der Waals surface area (Å²) in [5, 5.41) is 0. The molecular weight excluding hydrogens is 287 g/mol. The highest BCUT2D eigenvalue weighted by Gasteiger charge is 2.20. The van der Waals surface area contributed by atoms with Gasteiger partial charge in [0.25, 0.3) is 0 Å². The van der Waals surface area contributed by atoms with Crippen LogP contribution in [0.1, 0.15) is 26.7 Å². The third-order valence-corrected chi connectivity index (χ3v) is 4.14. The molecule has 0 fully saturated rings. The Morgan fingerprint density at radius 3 is 2.44 bits per heavy atom. The van der Waals surface area contributed by atoms with Crippen molar-refractivity contribution in [3.8, 4) is 5.75 Å². The van der Waals surface area contributed by atoms with Gasteiger partial charge in [0, 0.05) is 10.4 Å². The molecule has 1 aromatic rings. The summed E-state index contributed by atoms with van der Waals surface area (Å²) in [4.78, 5) is 0. The summed E-state index contributed by atoms with van der Waals surface area (Å²) in [5.74, 6) is 1.60. The Balaban J connectivity index is 2.38. The third-order valence-electron chi connectivity index (χ3n) is 2.96. The van der Waals surface area contributed by atoms with Gasteiger partial charge in [-0.2, -0.15) is 0 Å². The maximum absolute atomic E-state index is 5.95. The molecule has 1 nitrogen and oxygen atoms in total. The van der Waals surface area contributed by atoms with E-state index in [-0.39, 0.29) is 5.41 Å². The van der Waals surface area contributed by atoms with Gasteiger partial charge < -0.3 is 4.74 Å². The lowest BCUT2D eigenvalue weighted by Crippen LogP contribution is -2.20. The summed E-state index contributed by atoms with van der Waals surface area (Å²) in [5.41, 5.74) is 0.191. The normalized spacial score (nSPS) is 14.5. The highest BCUT2D eigenvalue weighted by molar-refractivity contribution is 9.10. The van der Waals surface area contributed by atoms with Crippen LogP contribution in [0.4, 0.5) is 0 Å². The van der Waals surface area contributed by atoms with E-state index in [1.54, 1.807) is 0 Å². The fraction of sp³-hybridized carbons (Fsp3) is 0.538. The Morgan fingerprint density at radius 1 is 1.31 bits per heavy atom. The van der Waals surface area contributed by atoms with Crippen molar-refractivity contribution in [2.45, 2.75) is 26.7 Å². The first-order chi connectivity index (χ1) is 7.59. The van der Waals surface area contributed by atoms with Gasteiger partial charge in [-0.15, -0.1) is 11.6 Å². The molecule has 0 aliphatic carbocycles. The Morgan fingerprint density at radius 2 is 1.94 bits per heavy atom. The van der Waals surface area contributed by atoms with Crippen molar-refractivity contribution in [1.29, 1.82) is 0 Å². The first-order valence-electron chi connectivity index (χ1n) is 5.54. The zero-order valence-electron chi connectivity index (χ0n) is 9.80. The van der Waals surface area contributed by atoms with Crippen molar-refractivity contribution in [2.75, 3.05) is 12.5 Å². The minimum absolute atomic E-state index is 0.191. The predicted molar refractivity (Wildman–Crippen MR) is 73.4 cm³/mol. The number of halogens is 2. The summed E-state index contributed by atoms with van der Waals surface area (Å²) in [7, 11) is 0. The first-order valence-corrected chi connectivity index (χ1v) is 6.87. The van der Waals surface area contributed by atoms with Crippen molar-refractivity contribution in [1.82, 2.24) is 0 Å². The molecule has 0 aliphatic rings. The van der Waals surface area contributed by atoms with Crippen LogP contribution >= 0.6 is 27.5 Å². The quantitative estimate of drug-likeness (QED) is 0.681. The van der Waals surface area contributed by atoms with E-state index in [0.717, 1.165) is 29.7 Å². The lowest BCUT2D eigenvalue weighted by molar-refractivity contribution is 0.225. The van der Waals surface area contributed by atoms with Gasteiger partial charge in [-0.1, -0.05) is 29.8 Å². The molecule has 16 heavy (non-hydrogen) atoms. The second kappa shape index (κ2) is 6.51. The van der Waals surface area contributed by atoms with Crippen molar-refractivity contribution in [2.24, 2.45) is 5.41 Å². The van der Waals surface area contributed by atoms with Gasteiger partial charge >= 0.3 is 0 Å². The standard InChI is InChI=1S/C13H18BrClO/c1-3-13(2,10-15)8-9-16-12-6-4-11(14)5-7-12/h4-7H,3,8-10H2,1-2H3. The lowest BCUT2D eigenvalue weighted by Gasteiger charge is -2.25. The van der Waals surface area contributed by atoms with E-state index in [9.17, 15) is 0 Å². The smallest absolute Gasteiger partial charge is 0.119 e. The number of rotatable bonds is 6. The minimum atomic E-state index is 0.191. The van der Waals surface area contributed by atoms with Crippen LogP contribution in [-0.4, -0.2) is 12.5 Å². The van der Waals surface area contributed by atoms with Gasteiger partial charge in [-0.25, -0.2) is 0 Å². The van der Waals surface area contributed by atoms with Crippen LogP contribution < -0.4 is 4.74 Å². The Labute approximate surface area is 111 Å². The minimum Gasteiger partial charge on any atom is -0.494 e. The molecule has 0 saturated carbocycles. The van der Waals surface area contributed by atoms with E-state index in [2.05, 4.69) is 29.8 Å². The molecule has 1 rings (SSSR count). The molecule has 0 radical (unpaired) electrons. The highest BCUT2D eigenvalue weighted by atomic mass is 79.9. The van der Waals surface area contributed by atoms with Crippen molar-refractivity contribution in [3.63, 3.8) is 0 Å². The summed E-state index contributed by atoms with van der Waals surface area (Å²) in [6, 6.07) is 7.90. The summed E-state index contributed by atoms with van der Waals surface area (Å²) in [6.07, 6.45) is 2.07. The average Bonchev–Trinajstić information content (AvgIpc) is 2.31. The number of alkyl halides is 1. The molecular formula is C13H18BrClO. The maximum atomic E-state index is 5.95. The molecule has 3 heteroatoms. The van der Waals surface area contributed by atoms with Crippen molar-refractivity contribution >= 4 is 27.5 Å². The van der Waals surface area contributed by atoms with Crippen molar-refractivity contribution in [3.05, 3.63) is 28.7 Å². The summed E-state index contributed by atoms with van der Waals surface area (Å²) < 4.78 is 6.75. The van der Waals surface area contributed by atoms with Gasteiger partial charge in [-0.3, -0.25) is 0 Å². The van der Waals surface area contributed by atoms with Crippen LogP contribution in [0.5, 0.6) is 5.75 Å². The molecule has 0 aliphatic heterocycles. The van der Waals surface area contributed by atoms with Crippen LogP contribution in [0.2, 0.25) is 0 Å². The molecule has 0 spiro atoms. The highest BCUT2D eigenvalue weighted by Crippen LogP contribution is 2.27. The number of benzene rings is 1. The molecule has 0 amide bonds. The van der Waals surface area contributed by atoms with Crippen LogP contribution in [0.3, 0.4) is 0 Å². The zero-order valence-corrected chi connectivity index (χ0v) is 12.1. The molecule has 1 unspecified atom stereocenters. The Hall–Kier alpha value is -0.210. The molecule has 90 valence electrons. The number of hydrogen-bond acceptors (Lipinski definition) is 1. The molecule has 0 N–H and O–H groups in total. The van der Waals surface area contributed by atoms with Crippen LogP contribution in [-0.2, 0) is 0 Å². The van der Waals surface area contributed by atoms with Gasteiger partial charge in [0.1, 0.15) is 5.75 Å². The largest absolute Gasteiger partial charge is 0.494 e. The van der Waals surface area contributed by atoms with Gasteiger partial charge in [0.2, 0.25) is 0 Å². The molecule has 0 heterocycles. The Bertz CT molecular complexity index is 306. The van der Waals surface area contributed by atoms with Crippen LogP contribution in [0.25, 0.3) is 0 Å². The average molecular weight is 306 g/mol. The topological polar surface area (TPSA) is 9.23 Å². The monoisotopic (exact) mass is 304 g/mol. The molecule has 1 aromatic carbocycles. The second-order valence-electron chi connectivity index (χ2n) is 4.35. The van der Waals surface area contributed by atoms with Crippen molar-refractivity contribution < 1.29 is 4.74 Å². The van der Waals surface area contributed by atoms with E-state index in [1.807, 2.05) is 24.3 Å². The number of hydrogen-bond donors (Lipinski definition) is 0. The van der Waals surface area contributed by atoms with Crippen LogP contribution in [0, 0.1) is 5.41 Å². The maximum Gasteiger partial charge on any atom is 0.119 e. The number of ether oxygens (including phenoxy) is 1. The first kappa shape index (κ1) is 13.9. The van der Waals surface area contributed by atoms with E-state index >= 15 is 0 Å². The van der Waals surface area contributed by atoms with Gasteiger partial charge in [0.15, 0.2) is 0 Å². The fourth-order valence-corrected chi connectivity index (χ4v) is 1.87. The third kappa shape index (κ3) is 4.34. The summed E-state index contributed by atoms with van der Waals surface area (Å²) >= 11 is 9.34. The molecule has 0 saturated heterocycles. The van der Waals surface area contributed by atoms with E-state index < -0.39 is 0 Å². The SMILES string of the molecule is CCC(C)(CCl)CCOc1ccc(Br)cc1. The second-order valence-corrected chi connectivity index (χ2v) is 5.53.